The number of rotatable bonds is 4. The van der Waals surface area contributed by atoms with E-state index in [4.69, 9.17) is 19.8 Å². The number of nitrogens with zero attached hydrogens (tertiary/aromatic N) is 2. The topological polar surface area (TPSA) is 81.1 Å². The maximum Gasteiger partial charge on any atom is 0.300 e. The van der Waals surface area contributed by atoms with Crippen LogP contribution in [-0.4, -0.2) is 48.3 Å². The standard InChI is InChI=1S/C14H19N.C13H19N.2C2H4O2.2C2H6.2Ar.2W/c1-2-7-13-8-6-11-15(12-13)14-9-4-3-5-10-14;1-2-12-7-6-10-14(11-12)13-8-4-3-5-9-13;2*1-2(3)4;2*1-2;;;;/h2-5,7,9-10,13H,6,8,11-12H2,1H3;3-5,8-9,12H,2,6-7,10-11H2,1H3;2*1H3,(H,3,4);2*1-2H3;;;;/b7-2-;;;;;;;;;. The van der Waals surface area contributed by atoms with Gasteiger partial charge in [-0.1, -0.05) is 89.6 Å². The molecular formula is C35H58Ar2N2O4W2. The Morgan fingerprint density at radius 1 is 0.733 bits per heavy atom. The molecule has 2 N–H and O–H groups in total. The van der Waals surface area contributed by atoms with Crippen molar-refractivity contribution in [1.82, 2.24) is 0 Å². The molecule has 2 saturated heterocycles. The Balaban J connectivity index is -0.000000118. The molecule has 0 bridgehead atoms. The van der Waals surface area contributed by atoms with Crippen LogP contribution in [0.1, 0.15) is 87.5 Å². The zero-order valence-corrected chi connectivity index (χ0v) is 35.9. The maximum absolute atomic E-state index is 9.00. The van der Waals surface area contributed by atoms with E-state index in [0.717, 1.165) is 25.7 Å². The summed E-state index contributed by atoms with van der Waals surface area (Å²) in [5.74, 6) is -0.0205. The van der Waals surface area contributed by atoms with Crippen molar-refractivity contribution >= 4 is 23.3 Å². The zero-order chi connectivity index (χ0) is 31.5. The SMILES string of the molecule is C/C=C\C1CCCN(c2ccccc2)C1.CC.CC.CC(=O)O.CC(=O)O.CCC1CCCN(c2ccccc2)C1.[Ar].[Ar].[W].[W]. The van der Waals surface area contributed by atoms with Crippen molar-refractivity contribution in [3.63, 3.8) is 0 Å². The number of hydrogen-bond donors (Lipinski definition) is 2. The van der Waals surface area contributed by atoms with Crippen LogP contribution in [-0.2, 0) is 51.7 Å². The molecule has 2 aromatic carbocycles. The summed E-state index contributed by atoms with van der Waals surface area (Å²) in [4.78, 5) is 23.0. The Kier molecular flexibility index (Phi) is 52.4. The minimum atomic E-state index is -0.833. The molecule has 6 nitrogen and oxygen atoms in total. The largest absolute Gasteiger partial charge is 0.481 e. The van der Waals surface area contributed by atoms with Gasteiger partial charge in [-0.05, 0) is 68.7 Å². The number of piperidine rings is 2. The molecule has 0 radical (unpaired) electrons. The molecule has 2 unspecified atom stereocenters. The smallest absolute Gasteiger partial charge is 0.300 e. The van der Waals surface area contributed by atoms with Crippen LogP contribution < -0.4 is 9.80 Å². The van der Waals surface area contributed by atoms with Gasteiger partial charge in [0, 0.05) is 169 Å². The first-order valence-electron chi connectivity index (χ1n) is 15.4. The quantitative estimate of drug-likeness (QED) is 0.298. The van der Waals surface area contributed by atoms with Gasteiger partial charge in [-0.15, -0.1) is 0 Å². The van der Waals surface area contributed by atoms with E-state index in [1.54, 1.807) is 0 Å². The van der Waals surface area contributed by atoms with Gasteiger partial charge in [-0.2, -0.15) is 0 Å². The Morgan fingerprint density at radius 3 is 1.44 bits per heavy atom. The number of anilines is 2. The molecule has 0 amide bonds. The molecule has 0 spiro atoms. The number of carboxylic acid groups (broad SMARTS) is 2. The summed E-state index contributed by atoms with van der Waals surface area (Å²) in [7, 11) is 0. The first kappa shape index (κ1) is 57.9. The van der Waals surface area contributed by atoms with E-state index in [2.05, 4.69) is 96.5 Å². The Hall–Kier alpha value is 0.616. The van der Waals surface area contributed by atoms with Gasteiger partial charge in [0.15, 0.2) is 0 Å². The molecule has 260 valence electrons. The zero-order valence-electron chi connectivity index (χ0n) is 28.6. The summed E-state index contributed by atoms with van der Waals surface area (Å²) in [6.45, 7) is 19.5. The number of aliphatic carboxylic acids is 2. The molecule has 2 heterocycles. The van der Waals surface area contributed by atoms with E-state index >= 15 is 0 Å². The first-order chi connectivity index (χ1) is 19.8. The number of carbonyl (C=O) groups is 2. The number of allylic oxidation sites excluding steroid dienone is 1. The van der Waals surface area contributed by atoms with Crippen LogP contribution in [0.2, 0.25) is 0 Å². The summed E-state index contributed by atoms with van der Waals surface area (Å²) in [5, 5.41) is 14.8. The molecule has 0 saturated carbocycles. The summed E-state index contributed by atoms with van der Waals surface area (Å²) in [5.41, 5.74) is 2.76. The minimum Gasteiger partial charge on any atom is -0.481 e. The van der Waals surface area contributed by atoms with E-state index < -0.39 is 11.9 Å². The van der Waals surface area contributed by atoms with Gasteiger partial charge in [0.2, 0.25) is 0 Å². The van der Waals surface area contributed by atoms with Crippen molar-refractivity contribution in [2.75, 3.05) is 36.0 Å². The van der Waals surface area contributed by atoms with Gasteiger partial charge in [0.1, 0.15) is 0 Å². The van der Waals surface area contributed by atoms with Gasteiger partial charge in [-0.25, -0.2) is 0 Å². The number of para-hydroxylation sites is 2. The maximum atomic E-state index is 9.00. The Bertz CT molecular complexity index is 906. The van der Waals surface area contributed by atoms with Crippen molar-refractivity contribution in [3.05, 3.63) is 72.8 Å². The van der Waals surface area contributed by atoms with E-state index in [1.165, 1.54) is 69.7 Å². The third-order valence-corrected chi connectivity index (χ3v) is 6.26. The molecular weight excluding hydrogens is 960 g/mol. The second-order valence-electron chi connectivity index (χ2n) is 9.45. The minimum absolute atomic E-state index is 0. The second kappa shape index (κ2) is 40.8. The fourth-order valence-electron chi connectivity index (χ4n) is 4.58. The van der Waals surface area contributed by atoms with Crippen LogP contribution in [0.25, 0.3) is 0 Å². The monoisotopic (exact) mass is 1020 g/mol. The normalized spacial score (nSPS) is 15.7. The molecule has 4 rings (SSSR count). The van der Waals surface area contributed by atoms with Gasteiger partial charge in [-0.3, -0.25) is 9.59 Å². The summed E-state index contributed by atoms with van der Waals surface area (Å²) >= 11 is 0. The van der Waals surface area contributed by atoms with Gasteiger partial charge < -0.3 is 20.0 Å². The molecule has 0 aliphatic carbocycles. The molecule has 45 heavy (non-hydrogen) atoms. The summed E-state index contributed by atoms with van der Waals surface area (Å²) < 4.78 is 0. The molecule has 2 fully saturated rings. The van der Waals surface area contributed by atoms with E-state index in [-0.39, 0.29) is 118 Å². The van der Waals surface area contributed by atoms with Crippen molar-refractivity contribution in [2.24, 2.45) is 11.8 Å². The van der Waals surface area contributed by atoms with Gasteiger partial charge in [0.25, 0.3) is 11.9 Å². The van der Waals surface area contributed by atoms with Crippen LogP contribution in [0.3, 0.4) is 0 Å². The van der Waals surface area contributed by atoms with E-state index in [1.807, 2.05) is 27.7 Å². The first-order valence-corrected chi connectivity index (χ1v) is 15.4. The number of carboxylic acids is 2. The summed E-state index contributed by atoms with van der Waals surface area (Å²) in [6, 6.07) is 21.5. The predicted octanol–water partition coefficient (Wildman–Crippen LogP) is 9.02. The molecule has 2 aliphatic heterocycles. The molecule has 10 heteroatoms. The number of hydrogen-bond acceptors (Lipinski definition) is 4. The number of benzene rings is 2. The van der Waals surface area contributed by atoms with Crippen LogP contribution in [0.4, 0.5) is 11.4 Å². The Labute approximate surface area is 364 Å². The van der Waals surface area contributed by atoms with Gasteiger partial charge in [0.05, 0.1) is 0 Å². The fraction of sp³-hybridized carbons (Fsp3) is 0.543. The third kappa shape index (κ3) is 32.9. The molecule has 2 atom stereocenters. The average molecular weight is 1020 g/mol. The second-order valence-corrected chi connectivity index (χ2v) is 9.45. The van der Waals surface area contributed by atoms with Crippen LogP contribution >= 0.6 is 0 Å². The van der Waals surface area contributed by atoms with Crippen LogP contribution in [0, 0.1) is 87.3 Å². The summed E-state index contributed by atoms with van der Waals surface area (Å²) in [6.07, 6.45) is 11.3. The van der Waals surface area contributed by atoms with Crippen molar-refractivity contribution in [2.45, 2.75) is 87.5 Å². The Morgan fingerprint density at radius 2 is 1.09 bits per heavy atom. The van der Waals surface area contributed by atoms with Crippen LogP contribution in [0.15, 0.2) is 72.8 Å². The van der Waals surface area contributed by atoms with Gasteiger partial charge >= 0.3 is 0 Å². The molecule has 0 aromatic heterocycles. The molecule has 2 aliphatic rings. The van der Waals surface area contributed by atoms with E-state index in [0.29, 0.717) is 0 Å². The van der Waals surface area contributed by atoms with Crippen LogP contribution in [0.5, 0.6) is 0 Å². The predicted molar refractivity (Wildman–Crippen MR) is 177 cm³/mol. The fourth-order valence-corrected chi connectivity index (χ4v) is 4.58. The van der Waals surface area contributed by atoms with Crippen molar-refractivity contribution in [3.8, 4) is 0 Å². The average Bonchev–Trinajstić information content (AvgIpc) is 3.00. The third-order valence-electron chi connectivity index (χ3n) is 6.26. The van der Waals surface area contributed by atoms with Crippen molar-refractivity contribution < 1.29 is 137 Å². The van der Waals surface area contributed by atoms with Crippen molar-refractivity contribution in [1.29, 1.82) is 0 Å². The van der Waals surface area contributed by atoms with E-state index in [9.17, 15) is 0 Å². The molecule has 2 aromatic rings.